The normalized spacial score (nSPS) is 31.5. The molecule has 1 aromatic carbocycles. The van der Waals surface area contributed by atoms with E-state index in [4.69, 9.17) is 9.47 Å². The highest BCUT2D eigenvalue weighted by molar-refractivity contribution is 5.22. The first-order chi connectivity index (χ1) is 11.7. The van der Waals surface area contributed by atoms with Crippen LogP contribution in [0.4, 0.5) is 8.78 Å². The molecule has 0 aromatic heterocycles. The first kappa shape index (κ1) is 17.6. The van der Waals surface area contributed by atoms with Crippen LogP contribution < -0.4 is 0 Å². The topological polar surface area (TPSA) is 18.5 Å². The van der Waals surface area contributed by atoms with Gasteiger partial charge in [0.25, 0.3) is 0 Å². The Labute approximate surface area is 142 Å². The number of rotatable bonds is 4. The number of benzene rings is 1. The van der Waals surface area contributed by atoms with Gasteiger partial charge >= 0.3 is 0 Å². The Balaban J connectivity index is 1.49. The van der Waals surface area contributed by atoms with Crippen molar-refractivity contribution >= 4 is 0 Å². The lowest BCUT2D eigenvalue weighted by atomic mass is 9.78. The van der Waals surface area contributed by atoms with Gasteiger partial charge in [0.2, 0.25) is 0 Å². The molecule has 1 heterocycles. The van der Waals surface area contributed by atoms with Crippen molar-refractivity contribution in [2.24, 2.45) is 11.8 Å². The lowest BCUT2D eigenvalue weighted by molar-refractivity contribution is -0.222. The zero-order valence-corrected chi connectivity index (χ0v) is 14.2. The van der Waals surface area contributed by atoms with E-state index >= 15 is 0 Å². The van der Waals surface area contributed by atoms with Gasteiger partial charge in [-0.2, -0.15) is 0 Å². The molecule has 1 aliphatic carbocycles. The van der Waals surface area contributed by atoms with Crippen molar-refractivity contribution in [3.8, 4) is 0 Å². The summed E-state index contributed by atoms with van der Waals surface area (Å²) in [4.78, 5) is 0. The molecule has 2 aliphatic rings. The third-order valence-electron chi connectivity index (χ3n) is 5.16. The van der Waals surface area contributed by atoms with Crippen molar-refractivity contribution in [2.75, 3.05) is 13.2 Å². The van der Waals surface area contributed by atoms with Gasteiger partial charge in [-0.05, 0) is 55.7 Å². The van der Waals surface area contributed by atoms with E-state index in [1.54, 1.807) is 6.07 Å². The van der Waals surface area contributed by atoms with E-state index in [9.17, 15) is 8.78 Å². The van der Waals surface area contributed by atoms with Crippen LogP contribution in [0.1, 0.15) is 50.5 Å². The minimum Gasteiger partial charge on any atom is -0.352 e. The molecule has 4 heteroatoms. The summed E-state index contributed by atoms with van der Waals surface area (Å²) in [5.74, 6) is -0.453. The Morgan fingerprint density at radius 2 is 1.75 bits per heavy atom. The van der Waals surface area contributed by atoms with Gasteiger partial charge < -0.3 is 9.47 Å². The maximum atomic E-state index is 13.4. The number of hydrogen-bond donors (Lipinski definition) is 0. The second-order valence-electron chi connectivity index (χ2n) is 6.92. The average molecular weight is 336 g/mol. The molecule has 24 heavy (non-hydrogen) atoms. The van der Waals surface area contributed by atoms with Crippen molar-refractivity contribution in [1.82, 2.24) is 0 Å². The van der Waals surface area contributed by atoms with E-state index in [1.807, 2.05) is 0 Å². The molecule has 0 atom stereocenters. The highest BCUT2D eigenvalue weighted by atomic mass is 19.2. The second kappa shape index (κ2) is 8.21. The van der Waals surface area contributed by atoms with Crippen molar-refractivity contribution in [2.45, 2.75) is 51.2 Å². The van der Waals surface area contributed by atoms with Crippen molar-refractivity contribution in [3.05, 3.63) is 47.5 Å². The Morgan fingerprint density at radius 1 is 1.04 bits per heavy atom. The van der Waals surface area contributed by atoms with Crippen LogP contribution in [0.15, 0.2) is 30.4 Å². The second-order valence-corrected chi connectivity index (χ2v) is 6.92. The predicted octanol–water partition coefficient (Wildman–Crippen LogP) is 5.19. The minimum absolute atomic E-state index is 0.109. The van der Waals surface area contributed by atoms with Crippen LogP contribution in [0.3, 0.4) is 0 Å². The standard InChI is InChI=1S/C20H26F2O2/c1-2-3-4-14-12-23-20(24-13-14)16-7-5-15(6-8-16)17-9-10-18(21)19(22)11-17/h3-4,9-11,14-16,20H,2,5-8,12-13H2,1H3/b4-3+/t14-,15-,16-,20-. The van der Waals surface area contributed by atoms with Gasteiger partial charge in [-0.25, -0.2) is 8.78 Å². The van der Waals surface area contributed by atoms with Gasteiger partial charge in [0, 0.05) is 11.8 Å². The summed E-state index contributed by atoms with van der Waals surface area (Å²) in [5, 5.41) is 0. The molecular weight excluding hydrogens is 310 g/mol. The number of allylic oxidation sites excluding steroid dienone is 1. The van der Waals surface area contributed by atoms with E-state index in [0.717, 1.165) is 50.9 Å². The predicted molar refractivity (Wildman–Crippen MR) is 89.7 cm³/mol. The third kappa shape index (κ3) is 4.22. The molecule has 1 saturated carbocycles. The van der Waals surface area contributed by atoms with Crippen LogP contribution in [0.25, 0.3) is 0 Å². The van der Waals surface area contributed by atoms with Crippen molar-refractivity contribution in [3.63, 3.8) is 0 Å². The number of ether oxygens (including phenoxy) is 2. The van der Waals surface area contributed by atoms with E-state index in [1.165, 1.54) is 12.1 Å². The number of halogens is 2. The molecule has 3 rings (SSSR count). The Morgan fingerprint density at radius 3 is 2.38 bits per heavy atom. The minimum atomic E-state index is -0.775. The zero-order valence-electron chi connectivity index (χ0n) is 14.2. The summed E-state index contributed by atoms with van der Waals surface area (Å²) in [6.45, 7) is 3.57. The molecule has 0 spiro atoms. The van der Waals surface area contributed by atoms with Crippen molar-refractivity contribution < 1.29 is 18.3 Å². The lowest BCUT2D eigenvalue weighted by Gasteiger charge is -2.37. The summed E-state index contributed by atoms with van der Waals surface area (Å²) in [7, 11) is 0. The van der Waals surface area contributed by atoms with E-state index in [-0.39, 0.29) is 6.29 Å². The molecule has 2 nitrogen and oxygen atoms in total. The Kier molecular flexibility index (Phi) is 6.01. The lowest BCUT2D eigenvalue weighted by Crippen LogP contribution is -2.37. The maximum Gasteiger partial charge on any atom is 0.160 e. The first-order valence-corrected chi connectivity index (χ1v) is 9.02. The average Bonchev–Trinajstić information content (AvgIpc) is 2.63. The van der Waals surface area contributed by atoms with Crippen LogP contribution in [-0.4, -0.2) is 19.5 Å². The Bertz CT molecular complexity index is 557. The molecule has 0 amide bonds. The van der Waals surface area contributed by atoms with Gasteiger partial charge in [-0.3, -0.25) is 0 Å². The molecule has 0 bridgehead atoms. The smallest absolute Gasteiger partial charge is 0.160 e. The third-order valence-corrected chi connectivity index (χ3v) is 5.16. The molecule has 132 valence electrons. The fourth-order valence-corrected chi connectivity index (χ4v) is 3.74. The molecule has 0 unspecified atom stereocenters. The summed E-state index contributed by atoms with van der Waals surface area (Å²) in [6, 6.07) is 4.29. The monoisotopic (exact) mass is 336 g/mol. The largest absolute Gasteiger partial charge is 0.352 e. The number of hydrogen-bond acceptors (Lipinski definition) is 2. The highest BCUT2D eigenvalue weighted by Crippen LogP contribution is 2.39. The van der Waals surface area contributed by atoms with Gasteiger partial charge in [-0.1, -0.05) is 25.1 Å². The maximum absolute atomic E-state index is 13.4. The molecular formula is C20H26F2O2. The fraction of sp³-hybridized carbons (Fsp3) is 0.600. The van der Waals surface area contributed by atoms with Crippen LogP contribution in [0.2, 0.25) is 0 Å². The highest BCUT2D eigenvalue weighted by Gasteiger charge is 2.32. The van der Waals surface area contributed by atoms with Crippen LogP contribution in [0, 0.1) is 23.5 Å². The van der Waals surface area contributed by atoms with Gasteiger partial charge in [0.05, 0.1) is 13.2 Å². The van der Waals surface area contributed by atoms with Crippen LogP contribution >= 0.6 is 0 Å². The Hall–Kier alpha value is -1.26. The molecule has 0 N–H and O–H groups in total. The SMILES string of the molecule is CC/C=C/[C@H]1CO[C@H]([C@H]2CC[C@H](c3ccc(F)c(F)c3)CC2)OC1. The summed E-state index contributed by atoms with van der Waals surface area (Å²) in [6.07, 6.45) is 9.21. The van der Waals surface area contributed by atoms with Gasteiger partial charge in [0.1, 0.15) is 0 Å². The fourth-order valence-electron chi connectivity index (χ4n) is 3.74. The van der Waals surface area contributed by atoms with Crippen molar-refractivity contribution in [1.29, 1.82) is 0 Å². The summed E-state index contributed by atoms with van der Waals surface area (Å²) < 4.78 is 38.3. The quantitative estimate of drug-likeness (QED) is 0.704. The van der Waals surface area contributed by atoms with Gasteiger partial charge in [0.15, 0.2) is 17.9 Å². The molecule has 1 aliphatic heterocycles. The molecule has 1 saturated heterocycles. The molecule has 0 radical (unpaired) electrons. The zero-order chi connectivity index (χ0) is 16.9. The van der Waals surface area contributed by atoms with E-state index in [0.29, 0.717) is 17.8 Å². The molecule has 2 fully saturated rings. The van der Waals surface area contributed by atoms with E-state index < -0.39 is 11.6 Å². The summed E-state index contributed by atoms with van der Waals surface area (Å²) in [5.41, 5.74) is 0.905. The van der Waals surface area contributed by atoms with Crippen LogP contribution in [-0.2, 0) is 9.47 Å². The van der Waals surface area contributed by atoms with Crippen LogP contribution in [0.5, 0.6) is 0 Å². The molecule has 1 aromatic rings. The van der Waals surface area contributed by atoms with Gasteiger partial charge in [-0.15, -0.1) is 0 Å². The summed E-state index contributed by atoms with van der Waals surface area (Å²) >= 11 is 0. The van der Waals surface area contributed by atoms with E-state index in [2.05, 4.69) is 19.1 Å². The first-order valence-electron chi connectivity index (χ1n) is 9.02.